The summed E-state index contributed by atoms with van der Waals surface area (Å²) >= 11 is 0. The quantitative estimate of drug-likeness (QED) is 0.780. The Morgan fingerprint density at radius 1 is 1.05 bits per heavy atom. The van der Waals surface area contributed by atoms with Gasteiger partial charge in [0.2, 0.25) is 0 Å². The van der Waals surface area contributed by atoms with Gasteiger partial charge in [-0.3, -0.25) is 4.79 Å². The third kappa shape index (κ3) is 3.47. The van der Waals surface area contributed by atoms with E-state index >= 15 is 0 Å². The standard InChI is InChI=1S/C18H20O2/c1-2-8-15(14-9-4-3-5-10-14)13-18(20)16-11-6-7-12-17(16)19/h3-7,9-12,15,19H,2,8,13H2,1H3/t15-/m0/s1. The van der Waals surface area contributed by atoms with E-state index in [0.29, 0.717) is 12.0 Å². The Morgan fingerprint density at radius 2 is 1.70 bits per heavy atom. The van der Waals surface area contributed by atoms with Gasteiger partial charge in [0.1, 0.15) is 5.75 Å². The Balaban J connectivity index is 2.17. The first-order valence-electron chi connectivity index (χ1n) is 7.08. The van der Waals surface area contributed by atoms with Crippen LogP contribution in [0.15, 0.2) is 54.6 Å². The maximum absolute atomic E-state index is 12.4. The van der Waals surface area contributed by atoms with Crippen molar-refractivity contribution in [1.82, 2.24) is 0 Å². The fourth-order valence-electron chi connectivity index (χ4n) is 2.50. The average molecular weight is 268 g/mol. The molecule has 2 rings (SSSR count). The zero-order valence-electron chi connectivity index (χ0n) is 11.8. The third-order valence-electron chi connectivity index (χ3n) is 3.54. The molecule has 0 saturated heterocycles. The average Bonchev–Trinajstić information content (AvgIpc) is 2.48. The van der Waals surface area contributed by atoms with Crippen LogP contribution in [-0.4, -0.2) is 10.9 Å². The van der Waals surface area contributed by atoms with Gasteiger partial charge in [0.25, 0.3) is 0 Å². The highest BCUT2D eigenvalue weighted by Gasteiger charge is 2.18. The maximum Gasteiger partial charge on any atom is 0.167 e. The number of rotatable bonds is 6. The number of Topliss-reactive ketones (excluding diaryl/α,β-unsaturated/α-hetero) is 1. The molecule has 0 aliphatic heterocycles. The molecule has 0 aromatic heterocycles. The summed E-state index contributed by atoms with van der Waals surface area (Å²) in [6.07, 6.45) is 2.45. The molecule has 1 atom stereocenters. The van der Waals surface area contributed by atoms with Crippen LogP contribution in [0.5, 0.6) is 5.75 Å². The zero-order valence-corrected chi connectivity index (χ0v) is 11.8. The highest BCUT2D eigenvalue weighted by Crippen LogP contribution is 2.28. The Hall–Kier alpha value is -2.09. The van der Waals surface area contributed by atoms with Crippen LogP contribution < -0.4 is 0 Å². The molecule has 104 valence electrons. The second kappa shape index (κ2) is 6.90. The van der Waals surface area contributed by atoms with Gasteiger partial charge in [0.05, 0.1) is 5.56 Å². The predicted molar refractivity (Wildman–Crippen MR) is 81.1 cm³/mol. The molecule has 2 heteroatoms. The van der Waals surface area contributed by atoms with E-state index in [1.807, 2.05) is 18.2 Å². The minimum Gasteiger partial charge on any atom is -0.507 e. The molecule has 0 heterocycles. The lowest BCUT2D eigenvalue weighted by atomic mass is 9.88. The molecule has 20 heavy (non-hydrogen) atoms. The van der Waals surface area contributed by atoms with E-state index in [4.69, 9.17) is 0 Å². The van der Waals surface area contributed by atoms with Crippen LogP contribution in [-0.2, 0) is 0 Å². The van der Waals surface area contributed by atoms with E-state index in [0.717, 1.165) is 12.8 Å². The molecule has 2 aromatic rings. The number of phenolic OH excluding ortho intramolecular Hbond substituents is 1. The van der Waals surface area contributed by atoms with E-state index in [2.05, 4.69) is 19.1 Å². The Bertz CT molecular complexity index is 561. The van der Waals surface area contributed by atoms with Gasteiger partial charge in [-0.25, -0.2) is 0 Å². The lowest BCUT2D eigenvalue weighted by Gasteiger charge is -2.16. The number of carbonyl (C=O) groups excluding carboxylic acids is 1. The molecule has 0 spiro atoms. The van der Waals surface area contributed by atoms with Gasteiger partial charge in [0, 0.05) is 6.42 Å². The highest BCUT2D eigenvalue weighted by molar-refractivity contribution is 5.98. The molecule has 0 bridgehead atoms. The van der Waals surface area contributed by atoms with Gasteiger partial charge in [-0.1, -0.05) is 55.8 Å². The molecule has 0 saturated carbocycles. The van der Waals surface area contributed by atoms with Gasteiger partial charge >= 0.3 is 0 Å². The van der Waals surface area contributed by atoms with Gasteiger partial charge in [-0.05, 0) is 30.0 Å². The van der Waals surface area contributed by atoms with Crippen LogP contribution in [0.4, 0.5) is 0 Å². The topological polar surface area (TPSA) is 37.3 Å². The summed E-state index contributed by atoms with van der Waals surface area (Å²) in [4.78, 5) is 12.4. The molecule has 2 aromatic carbocycles. The fraction of sp³-hybridized carbons (Fsp3) is 0.278. The van der Waals surface area contributed by atoms with Gasteiger partial charge in [0.15, 0.2) is 5.78 Å². The van der Waals surface area contributed by atoms with E-state index in [9.17, 15) is 9.90 Å². The number of para-hydroxylation sites is 1. The van der Waals surface area contributed by atoms with Crippen molar-refractivity contribution in [2.75, 3.05) is 0 Å². The molecule has 0 radical (unpaired) electrons. The summed E-state index contributed by atoms with van der Waals surface area (Å²) < 4.78 is 0. The van der Waals surface area contributed by atoms with Crippen LogP contribution >= 0.6 is 0 Å². The van der Waals surface area contributed by atoms with Crippen molar-refractivity contribution in [3.63, 3.8) is 0 Å². The number of phenols is 1. The Labute approximate surface area is 120 Å². The number of ketones is 1. The summed E-state index contributed by atoms with van der Waals surface area (Å²) in [6.45, 7) is 2.13. The van der Waals surface area contributed by atoms with Gasteiger partial charge in [-0.15, -0.1) is 0 Å². The first kappa shape index (κ1) is 14.3. The largest absolute Gasteiger partial charge is 0.507 e. The van der Waals surface area contributed by atoms with Gasteiger partial charge < -0.3 is 5.11 Å². The molecule has 1 N–H and O–H groups in total. The molecule has 0 aliphatic carbocycles. The Kier molecular flexibility index (Phi) is 4.94. The second-order valence-electron chi connectivity index (χ2n) is 5.04. The molecular weight excluding hydrogens is 248 g/mol. The van der Waals surface area contributed by atoms with Crippen molar-refractivity contribution in [3.05, 3.63) is 65.7 Å². The smallest absolute Gasteiger partial charge is 0.167 e. The molecular formula is C18H20O2. The number of carbonyl (C=O) groups is 1. The lowest BCUT2D eigenvalue weighted by molar-refractivity contribution is 0.0969. The summed E-state index contributed by atoms with van der Waals surface area (Å²) in [5.74, 6) is 0.291. The molecule has 0 fully saturated rings. The number of aromatic hydroxyl groups is 1. The van der Waals surface area contributed by atoms with Crippen molar-refractivity contribution in [2.24, 2.45) is 0 Å². The normalized spacial score (nSPS) is 12.1. The number of benzene rings is 2. The molecule has 0 unspecified atom stereocenters. The van der Waals surface area contributed by atoms with Crippen LogP contribution in [0.2, 0.25) is 0 Å². The summed E-state index contributed by atoms with van der Waals surface area (Å²) in [5.41, 5.74) is 1.61. The van der Waals surface area contributed by atoms with Crippen LogP contribution in [0, 0.1) is 0 Å². The van der Waals surface area contributed by atoms with E-state index in [1.54, 1.807) is 24.3 Å². The van der Waals surface area contributed by atoms with Crippen LogP contribution in [0.3, 0.4) is 0 Å². The zero-order chi connectivity index (χ0) is 14.4. The SMILES string of the molecule is CCC[C@@H](CC(=O)c1ccccc1O)c1ccccc1. The first-order chi connectivity index (χ1) is 9.72. The fourth-order valence-corrected chi connectivity index (χ4v) is 2.50. The molecule has 0 aliphatic rings. The van der Waals surface area contributed by atoms with Gasteiger partial charge in [-0.2, -0.15) is 0 Å². The second-order valence-corrected chi connectivity index (χ2v) is 5.04. The molecule has 0 amide bonds. The van der Waals surface area contributed by atoms with E-state index in [1.165, 1.54) is 5.56 Å². The van der Waals surface area contributed by atoms with Crippen molar-refractivity contribution in [3.8, 4) is 5.75 Å². The van der Waals surface area contributed by atoms with Crippen LogP contribution in [0.25, 0.3) is 0 Å². The summed E-state index contributed by atoms with van der Waals surface area (Å²) in [7, 11) is 0. The predicted octanol–water partition coefficient (Wildman–Crippen LogP) is 4.55. The summed E-state index contributed by atoms with van der Waals surface area (Å²) in [6, 6.07) is 16.9. The first-order valence-corrected chi connectivity index (χ1v) is 7.08. The van der Waals surface area contributed by atoms with E-state index < -0.39 is 0 Å². The van der Waals surface area contributed by atoms with Crippen molar-refractivity contribution in [1.29, 1.82) is 0 Å². The Morgan fingerprint density at radius 3 is 2.35 bits per heavy atom. The van der Waals surface area contributed by atoms with E-state index in [-0.39, 0.29) is 17.5 Å². The van der Waals surface area contributed by atoms with Crippen LogP contribution in [0.1, 0.15) is 48.0 Å². The summed E-state index contributed by atoms with van der Waals surface area (Å²) in [5, 5.41) is 9.77. The number of hydrogen-bond donors (Lipinski definition) is 1. The minimum atomic E-state index is 0.00500. The highest BCUT2D eigenvalue weighted by atomic mass is 16.3. The van der Waals surface area contributed by atoms with Crippen molar-refractivity contribution >= 4 is 5.78 Å². The maximum atomic E-state index is 12.4. The van der Waals surface area contributed by atoms with Crippen molar-refractivity contribution in [2.45, 2.75) is 32.1 Å². The monoisotopic (exact) mass is 268 g/mol. The third-order valence-corrected chi connectivity index (χ3v) is 3.54. The number of hydrogen-bond acceptors (Lipinski definition) is 2. The van der Waals surface area contributed by atoms with Crippen molar-refractivity contribution < 1.29 is 9.90 Å². The molecule has 2 nitrogen and oxygen atoms in total. The minimum absolute atomic E-state index is 0.00500. The lowest BCUT2D eigenvalue weighted by Crippen LogP contribution is -2.08.